The van der Waals surface area contributed by atoms with Crippen molar-refractivity contribution in [2.45, 2.75) is 44.1 Å². The quantitative estimate of drug-likeness (QED) is 0.866. The van der Waals surface area contributed by atoms with Gasteiger partial charge < -0.3 is 9.84 Å². The van der Waals surface area contributed by atoms with Crippen molar-refractivity contribution in [3.05, 3.63) is 47.2 Å². The first-order valence-corrected chi connectivity index (χ1v) is 6.92. The Balaban J connectivity index is 1.86. The maximum atomic E-state index is 10.6. The molecule has 1 aromatic carbocycles. The molecule has 0 bridgehead atoms. The molecule has 2 aliphatic rings. The maximum absolute atomic E-state index is 10.6. The lowest BCUT2D eigenvalue weighted by Crippen LogP contribution is -2.26. The van der Waals surface area contributed by atoms with Crippen molar-refractivity contribution in [1.82, 2.24) is 0 Å². The Bertz CT molecular complexity index is 450. The molecule has 2 nitrogen and oxygen atoms in total. The van der Waals surface area contributed by atoms with E-state index in [1.54, 1.807) is 6.26 Å². The first-order chi connectivity index (χ1) is 8.86. The number of aliphatic hydroxyl groups excluding tert-OH is 1. The van der Waals surface area contributed by atoms with Crippen LogP contribution in [0.4, 0.5) is 0 Å². The van der Waals surface area contributed by atoms with E-state index in [0.29, 0.717) is 0 Å². The molecule has 1 aliphatic carbocycles. The zero-order valence-corrected chi connectivity index (χ0v) is 10.6. The van der Waals surface area contributed by atoms with E-state index in [-0.39, 0.29) is 12.0 Å². The van der Waals surface area contributed by atoms with Gasteiger partial charge in [-0.15, -0.1) is 0 Å². The predicted molar refractivity (Wildman–Crippen MR) is 71.4 cm³/mol. The zero-order chi connectivity index (χ0) is 12.4. The van der Waals surface area contributed by atoms with Crippen LogP contribution < -0.4 is 0 Å². The molecule has 3 rings (SSSR count). The number of fused-ring (bicyclic) bond motifs is 1. The van der Waals surface area contributed by atoms with Crippen molar-refractivity contribution < 1.29 is 9.84 Å². The van der Waals surface area contributed by atoms with Crippen LogP contribution in [0.5, 0.6) is 0 Å². The molecule has 0 spiro atoms. The minimum Gasteiger partial charge on any atom is -0.501 e. The molecule has 0 saturated heterocycles. The molecular weight excluding hydrogens is 224 g/mol. The van der Waals surface area contributed by atoms with Gasteiger partial charge in [0.15, 0.2) is 0 Å². The van der Waals surface area contributed by atoms with E-state index in [2.05, 4.69) is 24.3 Å². The van der Waals surface area contributed by atoms with Gasteiger partial charge in [0, 0.05) is 5.92 Å². The van der Waals surface area contributed by atoms with Crippen LogP contribution in [0.25, 0.3) is 0 Å². The third kappa shape index (κ3) is 2.17. The molecule has 0 amide bonds. The number of aliphatic hydroxyl groups is 1. The van der Waals surface area contributed by atoms with Crippen LogP contribution in [0, 0.1) is 0 Å². The third-order valence-electron chi connectivity index (χ3n) is 4.14. The van der Waals surface area contributed by atoms with Crippen LogP contribution in [-0.4, -0.2) is 17.8 Å². The van der Waals surface area contributed by atoms with Gasteiger partial charge in [-0.25, -0.2) is 0 Å². The normalized spacial score (nSPS) is 24.7. The number of hydrogen-bond acceptors (Lipinski definition) is 2. The molecule has 0 radical (unpaired) electrons. The van der Waals surface area contributed by atoms with Crippen molar-refractivity contribution in [1.29, 1.82) is 0 Å². The first kappa shape index (κ1) is 11.8. The monoisotopic (exact) mass is 244 g/mol. The highest BCUT2D eigenvalue weighted by Gasteiger charge is 2.29. The van der Waals surface area contributed by atoms with Gasteiger partial charge in [0.25, 0.3) is 0 Å². The van der Waals surface area contributed by atoms with E-state index in [1.165, 1.54) is 17.5 Å². The van der Waals surface area contributed by atoms with Crippen molar-refractivity contribution in [2.24, 2.45) is 0 Å². The van der Waals surface area contributed by atoms with Crippen molar-refractivity contribution in [3.63, 3.8) is 0 Å². The molecule has 1 N–H and O–H groups in total. The third-order valence-corrected chi connectivity index (χ3v) is 4.14. The smallest absolute Gasteiger partial charge is 0.0876 e. The summed E-state index contributed by atoms with van der Waals surface area (Å²) in [5.41, 5.74) is 3.82. The molecule has 18 heavy (non-hydrogen) atoms. The standard InChI is InChI=1S/C16H20O2/c17-16(13-7-4-10-18-11-13)15-9-3-6-12-5-1-2-8-14(12)15/h1-2,5,8,11,15-17H,3-4,6-7,9-10H2. The summed E-state index contributed by atoms with van der Waals surface area (Å²) in [7, 11) is 0. The van der Waals surface area contributed by atoms with Gasteiger partial charge in [0.05, 0.1) is 19.0 Å². The van der Waals surface area contributed by atoms with Gasteiger partial charge in [0.2, 0.25) is 0 Å². The first-order valence-electron chi connectivity index (χ1n) is 6.92. The van der Waals surface area contributed by atoms with Crippen LogP contribution in [0.2, 0.25) is 0 Å². The molecule has 96 valence electrons. The Labute approximate surface area is 108 Å². The fourth-order valence-corrected chi connectivity index (χ4v) is 3.18. The van der Waals surface area contributed by atoms with Crippen LogP contribution in [0.1, 0.15) is 42.7 Å². The minimum absolute atomic E-state index is 0.253. The number of benzene rings is 1. The summed E-state index contributed by atoms with van der Waals surface area (Å²) in [5.74, 6) is 0.253. The Morgan fingerprint density at radius 3 is 2.89 bits per heavy atom. The van der Waals surface area contributed by atoms with Gasteiger partial charge in [-0.05, 0) is 48.8 Å². The second-order valence-electron chi connectivity index (χ2n) is 5.31. The maximum Gasteiger partial charge on any atom is 0.0876 e. The topological polar surface area (TPSA) is 29.5 Å². The summed E-state index contributed by atoms with van der Waals surface area (Å²) in [5, 5.41) is 10.6. The lowest BCUT2D eigenvalue weighted by molar-refractivity contribution is 0.141. The Kier molecular flexibility index (Phi) is 3.37. The molecular formula is C16H20O2. The highest BCUT2D eigenvalue weighted by Crippen LogP contribution is 2.37. The van der Waals surface area contributed by atoms with Gasteiger partial charge in [-0.1, -0.05) is 24.3 Å². The summed E-state index contributed by atoms with van der Waals surface area (Å²) in [6.45, 7) is 0.789. The fraction of sp³-hybridized carbons (Fsp3) is 0.500. The van der Waals surface area contributed by atoms with E-state index in [9.17, 15) is 5.11 Å². The lowest BCUT2D eigenvalue weighted by atomic mass is 9.77. The number of rotatable bonds is 2. The molecule has 0 saturated carbocycles. The number of aryl methyl sites for hydroxylation is 1. The summed E-state index contributed by atoms with van der Waals surface area (Å²) < 4.78 is 5.36. The molecule has 2 atom stereocenters. The van der Waals surface area contributed by atoms with E-state index >= 15 is 0 Å². The Morgan fingerprint density at radius 2 is 2.06 bits per heavy atom. The van der Waals surface area contributed by atoms with E-state index in [0.717, 1.165) is 37.9 Å². The van der Waals surface area contributed by atoms with Crippen LogP contribution in [0.15, 0.2) is 36.1 Å². The minimum atomic E-state index is -0.369. The highest BCUT2D eigenvalue weighted by atomic mass is 16.5. The van der Waals surface area contributed by atoms with Crippen molar-refractivity contribution >= 4 is 0 Å². The molecule has 1 aromatic rings. The summed E-state index contributed by atoms with van der Waals surface area (Å²) in [6.07, 6.45) is 6.81. The summed E-state index contributed by atoms with van der Waals surface area (Å²) in [4.78, 5) is 0. The molecule has 1 aliphatic heterocycles. The van der Waals surface area contributed by atoms with Gasteiger partial charge in [-0.3, -0.25) is 0 Å². The van der Waals surface area contributed by atoms with E-state index in [4.69, 9.17) is 4.74 Å². The molecule has 2 unspecified atom stereocenters. The number of ether oxygens (including phenoxy) is 1. The second-order valence-corrected chi connectivity index (χ2v) is 5.31. The van der Waals surface area contributed by atoms with Crippen LogP contribution in [-0.2, 0) is 11.2 Å². The van der Waals surface area contributed by atoms with Gasteiger partial charge in [-0.2, -0.15) is 0 Å². The number of hydrogen-bond donors (Lipinski definition) is 1. The fourth-order valence-electron chi connectivity index (χ4n) is 3.18. The highest BCUT2D eigenvalue weighted by molar-refractivity contribution is 5.35. The molecule has 0 fully saturated rings. The second kappa shape index (κ2) is 5.15. The predicted octanol–water partition coefficient (Wildman–Crippen LogP) is 3.16. The SMILES string of the molecule is OC(C1=COCCC1)C1CCCc2ccccc21. The summed E-state index contributed by atoms with van der Waals surface area (Å²) in [6, 6.07) is 8.54. The van der Waals surface area contributed by atoms with E-state index in [1.807, 2.05) is 0 Å². The molecule has 2 heteroatoms. The van der Waals surface area contributed by atoms with Gasteiger partial charge >= 0.3 is 0 Å². The Morgan fingerprint density at radius 1 is 1.17 bits per heavy atom. The van der Waals surface area contributed by atoms with Crippen molar-refractivity contribution in [3.8, 4) is 0 Å². The Hall–Kier alpha value is -1.28. The van der Waals surface area contributed by atoms with Gasteiger partial charge in [0.1, 0.15) is 0 Å². The largest absolute Gasteiger partial charge is 0.501 e. The van der Waals surface area contributed by atoms with Crippen LogP contribution in [0.3, 0.4) is 0 Å². The molecule has 1 heterocycles. The molecule has 0 aromatic heterocycles. The summed E-state index contributed by atoms with van der Waals surface area (Å²) >= 11 is 0. The average molecular weight is 244 g/mol. The van der Waals surface area contributed by atoms with Crippen molar-refractivity contribution in [2.75, 3.05) is 6.61 Å². The zero-order valence-electron chi connectivity index (χ0n) is 10.6. The van der Waals surface area contributed by atoms with Crippen LogP contribution >= 0.6 is 0 Å². The average Bonchev–Trinajstić information content (AvgIpc) is 2.47. The van der Waals surface area contributed by atoms with E-state index < -0.39 is 0 Å². The lowest BCUT2D eigenvalue weighted by Gasteiger charge is -2.31.